The molecule has 0 aliphatic carbocycles. The largest absolute Gasteiger partial charge is 0.481 e. The molecule has 2 aromatic rings. The SMILES string of the molecule is COc1cccc(C(O)c2cccnc2N)n1. The lowest BCUT2D eigenvalue weighted by Crippen LogP contribution is -2.07. The molecule has 17 heavy (non-hydrogen) atoms. The van der Waals surface area contributed by atoms with Gasteiger partial charge in [-0.3, -0.25) is 0 Å². The maximum absolute atomic E-state index is 10.2. The molecule has 3 N–H and O–H groups in total. The number of aliphatic hydroxyl groups excluding tert-OH is 1. The van der Waals surface area contributed by atoms with Gasteiger partial charge in [-0.1, -0.05) is 12.1 Å². The third-order valence-corrected chi connectivity index (χ3v) is 2.40. The van der Waals surface area contributed by atoms with E-state index in [0.717, 1.165) is 0 Å². The van der Waals surface area contributed by atoms with E-state index in [1.807, 2.05) is 0 Å². The van der Waals surface area contributed by atoms with E-state index in [1.54, 1.807) is 36.5 Å². The molecule has 0 saturated heterocycles. The first-order valence-corrected chi connectivity index (χ1v) is 5.11. The lowest BCUT2D eigenvalue weighted by atomic mass is 10.1. The summed E-state index contributed by atoms with van der Waals surface area (Å²) in [5.41, 5.74) is 6.71. The Labute approximate surface area is 98.9 Å². The molecular weight excluding hydrogens is 218 g/mol. The average Bonchev–Trinajstić information content (AvgIpc) is 2.38. The van der Waals surface area contributed by atoms with Crippen molar-refractivity contribution in [2.75, 3.05) is 12.8 Å². The van der Waals surface area contributed by atoms with Gasteiger partial charge in [-0.2, -0.15) is 0 Å². The molecule has 0 aliphatic heterocycles. The quantitative estimate of drug-likeness (QED) is 0.828. The topological polar surface area (TPSA) is 81.3 Å². The number of methoxy groups -OCH3 is 1. The highest BCUT2D eigenvalue weighted by molar-refractivity contribution is 5.43. The second kappa shape index (κ2) is 4.80. The van der Waals surface area contributed by atoms with Crippen molar-refractivity contribution < 1.29 is 9.84 Å². The van der Waals surface area contributed by atoms with E-state index in [1.165, 1.54) is 7.11 Å². The molecule has 0 aromatic carbocycles. The Hall–Kier alpha value is -2.14. The van der Waals surface area contributed by atoms with Crippen molar-refractivity contribution in [2.24, 2.45) is 0 Å². The molecule has 0 radical (unpaired) electrons. The number of nitrogen functional groups attached to an aromatic ring is 1. The summed E-state index contributed by atoms with van der Waals surface area (Å²) in [6.45, 7) is 0. The molecule has 0 amide bonds. The number of hydrogen-bond acceptors (Lipinski definition) is 5. The minimum Gasteiger partial charge on any atom is -0.481 e. The van der Waals surface area contributed by atoms with Crippen LogP contribution in [0.5, 0.6) is 5.88 Å². The molecule has 2 aromatic heterocycles. The molecule has 0 spiro atoms. The molecule has 5 heteroatoms. The standard InChI is InChI=1S/C12H13N3O2/c1-17-10-6-2-5-9(15-10)11(16)8-4-3-7-14-12(8)13/h2-7,11,16H,1H3,(H2,13,14). The molecule has 1 atom stereocenters. The van der Waals surface area contributed by atoms with Crippen molar-refractivity contribution in [1.82, 2.24) is 9.97 Å². The van der Waals surface area contributed by atoms with Crippen molar-refractivity contribution in [3.8, 4) is 5.88 Å². The Bertz CT molecular complexity index is 517. The van der Waals surface area contributed by atoms with Crippen LogP contribution in [0, 0.1) is 0 Å². The number of rotatable bonds is 3. The van der Waals surface area contributed by atoms with E-state index in [-0.39, 0.29) is 0 Å². The summed E-state index contributed by atoms with van der Waals surface area (Å²) in [5, 5.41) is 10.2. The van der Waals surface area contributed by atoms with Gasteiger partial charge in [0, 0.05) is 17.8 Å². The molecule has 0 fully saturated rings. The number of aliphatic hydroxyl groups is 1. The average molecular weight is 231 g/mol. The first-order chi connectivity index (χ1) is 8.22. The lowest BCUT2D eigenvalue weighted by Gasteiger charge is -2.12. The minimum atomic E-state index is -0.904. The van der Waals surface area contributed by atoms with E-state index in [9.17, 15) is 5.11 Å². The zero-order valence-electron chi connectivity index (χ0n) is 9.37. The Kier molecular flexibility index (Phi) is 3.20. The molecular formula is C12H13N3O2. The normalized spacial score (nSPS) is 12.1. The summed E-state index contributed by atoms with van der Waals surface area (Å²) in [5.74, 6) is 0.744. The summed E-state index contributed by atoms with van der Waals surface area (Å²) in [6, 6.07) is 8.61. The number of nitrogens with two attached hydrogens (primary N) is 1. The Balaban J connectivity index is 2.37. The summed E-state index contributed by atoms with van der Waals surface area (Å²) in [7, 11) is 1.52. The van der Waals surface area contributed by atoms with Crippen LogP contribution >= 0.6 is 0 Å². The number of ether oxygens (including phenoxy) is 1. The number of hydrogen-bond donors (Lipinski definition) is 2. The third kappa shape index (κ3) is 2.34. The van der Waals surface area contributed by atoms with E-state index in [4.69, 9.17) is 10.5 Å². The minimum absolute atomic E-state index is 0.296. The Morgan fingerprint density at radius 3 is 2.82 bits per heavy atom. The van der Waals surface area contributed by atoms with Crippen LogP contribution in [0.3, 0.4) is 0 Å². The molecule has 0 saturated carbocycles. The highest BCUT2D eigenvalue weighted by Gasteiger charge is 2.15. The highest BCUT2D eigenvalue weighted by atomic mass is 16.5. The molecule has 0 aliphatic rings. The van der Waals surface area contributed by atoms with Crippen molar-refractivity contribution in [3.05, 3.63) is 47.8 Å². The Morgan fingerprint density at radius 1 is 1.29 bits per heavy atom. The molecule has 5 nitrogen and oxygen atoms in total. The van der Waals surface area contributed by atoms with Gasteiger partial charge >= 0.3 is 0 Å². The number of anilines is 1. The summed E-state index contributed by atoms with van der Waals surface area (Å²) >= 11 is 0. The van der Waals surface area contributed by atoms with Crippen LogP contribution in [0.4, 0.5) is 5.82 Å². The number of aromatic nitrogens is 2. The summed E-state index contributed by atoms with van der Waals surface area (Å²) in [6.07, 6.45) is 0.670. The predicted octanol–water partition coefficient (Wildman–Crippen LogP) is 1.15. The van der Waals surface area contributed by atoms with Gasteiger partial charge < -0.3 is 15.6 Å². The molecule has 2 heterocycles. The smallest absolute Gasteiger partial charge is 0.213 e. The molecule has 1 unspecified atom stereocenters. The molecule has 0 bridgehead atoms. The number of nitrogens with zero attached hydrogens (tertiary/aromatic N) is 2. The van der Waals surface area contributed by atoms with Gasteiger partial charge in [-0.15, -0.1) is 0 Å². The molecule has 88 valence electrons. The number of pyridine rings is 2. The lowest BCUT2D eigenvalue weighted by molar-refractivity contribution is 0.214. The van der Waals surface area contributed by atoms with Gasteiger partial charge in [0.2, 0.25) is 5.88 Å². The predicted molar refractivity (Wildman–Crippen MR) is 63.5 cm³/mol. The molecule has 2 rings (SSSR count). The van der Waals surface area contributed by atoms with Gasteiger partial charge in [0.15, 0.2) is 0 Å². The van der Waals surface area contributed by atoms with Crippen molar-refractivity contribution in [3.63, 3.8) is 0 Å². The first kappa shape index (κ1) is 11.3. The third-order valence-electron chi connectivity index (χ3n) is 2.40. The zero-order valence-corrected chi connectivity index (χ0v) is 9.37. The highest BCUT2D eigenvalue weighted by Crippen LogP contribution is 2.24. The van der Waals surface area contributed by atoms with Crippen molar-refractivity contribution in [2.45, 2.75) is 6.10 Å². The van der Waals surface area contributed by atoms with Crippen molar-refractivity contribution >= 4 is 5.82 Å². The van der Waals surface area contributed by atoms with Crippen LogP contribution in [-0.4, -0.2) is 22.2 Å². The van der Waals surface area contributed by atoms with Gasteiger partial charge in [0.1, 0.15) is 11.9 Å². The van der Waals surface area contributed by atoms with E-state index in [2.05, 4.69) is 9.97 Å². The fourth-order valence-corrected chi connectivity index (χ4v) is 1.52. The zero-order chi connectivity index (χ0) is 12.3. The van der Waals surface area contributed by atoms with Gasteiger partial charge in [-0.25, -0.2) is 9.97 Å². The summed E-state index contributed by atoms with van der Waals surface area (Å²) < 4.78 is 5.00. The summed E-state index contributed by atoms with van der Waals surface area (Å²) in [4.78, 5) is 8.08. The fraction of sp³-hybridized carbons (Fsp3) is 0.167. The van der Waals surface area contributed by atoms with E-state index >= 15 is 0 Å². The van der Waals surface area contributed by atoms with Crippen LogP contribution in [0.1, 0.15) is 17.4 Å². The van der Waals surface area contributed by atoms with Gasteiger partial charge in [-0.05, 0) is 12.1 Å². The van der Waals surface area contributed by atoms with E-state index < -0.39 is 6.10 Å². The monoisotopic (exact) mass is 231 g/mol. The van der Waals surface area contributed by atoms with Crippen molar-refractivity contribution in [1.29, 1.82) is 0 Å². The van der Waals surface area contributed by atoms with Crippen LogP contribution in [0.2, 0.25) is 0 Å². The van der Waals surface area contributed by atoms with E-state index in [0.29, 0.717) is 23.0 Å². The maximum atomic E-state index is 10.2. The fourth-order valence-electron chi connectivity index (χ4n) is 1.52. The van der Waals surface area contributed by atoms with Gasteiger partial charge in [0.05, 0.1) is 12.8 Å². The second-order valence-corrected chi connectivity index (χ2v) is 3.49. The maximum Gasteiger partial charge on any atom is 0.213 e. The van der Waals surface area contributed by atoms with Gasteiger partial charge in [0.25, 0.3) is 0 Å². The van der Waals surface area contributed by atoms with Crippen LogP contribution in [-0.2, 0) is 0 Å². The van der Waals surface area contributed by atoms with Crippen LogP contribution in [0.15, 0.2) is 36.5 Å². The first-order valence-electron chi connectivity index (χ1n) is 5.11. The Morgan fingerprint density at radius 2 is 2.12 bits per heavy atom. The second-order valence-electron chi connectivity index (χ2n) is 3.49. The van der Waals surface area contributed by atoms with Crippen LogP contribution in [0.25, 0.3) is 0 Å². The van der Waals surface area contributed by atoms with Crippen LogP contribution < -0.4 is 10.5 Å².